The van der Waals surface area contributed by atoms with Gasteiger partial charge in [0.1, 0.15) is 11.6 Å². The predicted octanol–water partition coefficient (Wildman–Crippen LogP) is 4.46. The van der Waals surface area contributed by atoms with Gasteiger partial charge < -0.3 is 15.8 Å². The van der Waals surface area contributed by atoms with Gasteiger partial charge in [-0.25, -0.2) is 4.79 Å². The number of nitrogens with one attached hydrogen (secondary N) is 1. The van der Waals surface area contributed by atoms with Crippen molar-refractivity contribution in [1.29, 1.82) is 0 Å². The lowest BCUT2D eigenvalue weighted by Gasteiger charge is -2.10. The van der Waals surface area contributed by atoms with Gasteiger partial charge in [-0.05, 0) is 28.7 Å². The molecule has 1 amide bonds. The molecule has 3 N–H and O–H groups in total. The summed E-state index contributed by atoms with van der Waals surface area (Å²) < 4.78 is 5.20. The van der Waals surface area contributed by atoms with Crippen molar-refractivity contribution >= 4 is 23.3 Å². The molecule has 0 unspecified atom stereocenters. The molecule has 0 saturated carbocycles. The number of carbonyl (C=O) groups is 1. The summed E-state index contributed by atoms with van der Waals surface area (Å²) in [6.07, 6.45) is 0.309. The molecule has 3 rings (SSSR count). The van der Waals surface area contributed by atoms with Gasteiger partial charge in [0.25, 0.3) is 0 Å². The number of hydrogen-bond acceptors (Lipinski definition) is 3. The Balaban J connectivity index is 1.50. The molecule has 0 aliphatic heterocycles. The largest absolute Gasteiger partial charge is 0.445 e. The number of amides is 1. The van der Waals surface area contributed by atoms with Gasteiger partial charge in [-0.2, -0.15) is 0 Å². The smallest absolute Gasteiger partial charge is 0.407 e. The third-order valence-corrected chi connectivity index (χ3v) is 4.57. The first-order valence-corrected chi connectivity index (χ1v) is 9.47. The fourth-order valence-electron chi connectivity index (χ4n) is 2.88. The summed E-state index contributed by atoms with van der Waals surface area (Å²) in [5.41, 5.74) is 10.8. The van der Waals surface area contributed by atoms with Crippen LogP contribution in [0.15, 0.2) is 78.9 Å². The molecule has 0 bridgehead atoms. The molecule has 0 aliphatic rings. The molecule has 142 valence electrons. The van der Waals surface area contributed by atoms with E-state index in [2.05, 4.69) is 5.32 Å². The van der Waals surface area contributed by atoms with Crippen molar-refractivity contribution in [3.63, 3.8) is 0 Å². The van der Waals surface area contributed by atoms with E-state index in [0.29, 0.717) is 11.5 Å². The van der Waals surface area contributed by atoms with E-state index >= 15 is 0 Å². The predicted molar refractivity (Wildman–Crippen MR) is 116 cm³/mol. The molecule has 0 atom stereocenters. The van der Waals surface area contributed by atoms with Gasteiger partial charge in [-0.1, -0.05) is 91.1 Å². The van der Waals surface area contributed by atoms with Gasteiger partial charge in [0.15, 0.2) is 0 Å². The van der Waals surface area contributed by atoms with E-state index in [4.69, 9.17) is 22.7 Å². The summed E-state index contributed by atoms with van der Waals surface area (Å²) in [6, 6.07) is 25.6. The molecule has 5 heteroatoms. The molecular formula is C23H22N2O2S. The highest BCUT2D eigenvalue weighted by atomic mass is 32.1. The lowest BCUT2D eigenvalue weighted by atomic mass is 9.98. The first kappa shape index (κ1) is 19.6. The quantitative estimate of drug-likeness (QED) is 0.585. The van der Waals surface area contributed by atoms with Crippen LogP contribution in [0.3, 0.4) is 0 Å². The van der Waals surface area contributed by atoms with Crippen molar-refractivity contribution in [3.8, 4) is 11.1 Å². The zero-order valence-electron chi connectivity index (χ0n) is 15.4. The minimum Gasteiger partial charge on any atom is -0.445 e. The fourth-order valence-corrected chi connectivity index (χ4v) is 3.06. The Labute approximate surface area is 170 Å². The van der Waals surface area contributed by atoms with E-state index < -0.39 is 6.09 Å². The average molecular weight is 391 g/mol. The van der Waals surface area contributed by atoms with Gasteiger partial charge >= 0.3 is 6.09 Å². The molecule has 4 nitrogen and oxygen atoms in total. The summed E-state index contributed by atoms with van der Waals surface area (Å²) in [7, 11) is 0. The van der Waals surface area contributed by atoms with Crippen LogP contribution in [-0.2, 0) is 17.8 Å². The summed E-state index contributed by atoms with van der Waals surface area (Å²) in [6.45, 7) is 0.778. The maximum atomic E-state index is 11.8. The van der Waals surface area contributed by atoms with Crippen molar-refractivity contribution in [1.82, 2.24) is 5.32 Å². The zero-order chi connectivity index (χ0) is 19.8. The third-order valence-electron chi connectivity index (χ3n) is 4.35. The van der Waals surface area contributed by atoms with Crippen LogP contribution in [0, 0.1) is 0 Å². The van der Waals surface area contributed by atoms with Crippen LogP contribution in [0.4, 0.5) is 4.79 Å². The Morgan fingerprint density at radius 3 is 2.29 bits per heavy atom. The maximum absolute atomic E-state index is 11.8. The average Bonchev–Trinajstić information content (AvgIpc) is 2.73. The van der Waals surface area contributed by atoms with Crippen LogP contribution in [-0.4, -0.2) is 17.6 Å². The number of carbonyl (C=O) groups excluding carboxylic acids is 1. The lowest BCUT2D eigenvalue weighted by Crippen LogP contribution is -2.26. The van der Waals surface area contributed by atoms with Gasteiger partial charge in [-0.3, -0.25) is 0 Å². The number of benzene rings is 3. The van der Waals surface area contributed by atoms with Crippen molar-refractivity contribution < 1.29 is 9.53 Å². The van der Waals surface area contributed by atoms with E-state index in [9.17, 15) is 4.79 Å². The number of alkyl carbamates (subject to hydrolysis) is 1. The molecule has 3 aromatic rings. The second-order valence-electron chi connectivity index (χ2n) is 6.35. The molecule has 3 aromatic carbocycles. The van der Waals surface area contributed by atoms with Gasteiger partial charge in [-0.15, -0.1) is 0 Å². The summed E-state index contributed by atoms with van der Waals surface area (Å²) >= 11 is 5.14. The van der Waals surface area contributed by atoms with E-state index in [-0.39, 0.29) is 6.61 Å². The normalized spacial score (nSPS) is 10.3. The van der Waals surface area contributed by atoms with E-state index in [1.807, 2.05) is 78.9 Å². The Morgan fingerprint density at radius 1 is 0.893 bits per heavy atom. The molecule has 0 saturated heterocycles. The summed E-state index contributed by atoms with van der Waals surface area (Å²) in [5.74, 6) is 0. The van der Waals surface area contributed by atoms with Gasteiger partial charge in [0.05, 0.1) is 0 Å². The molecule has 0 radical (unpaired) electrons. The monoisotopic (exact) mass is 390 g/mol. The Morgan fingerprint density at radius 2 is 1.57 bits per heavy atom. The Hall–Kier alpha value is -3.18. The van der Waals surface area contributed by atoms with Crippen molar-refractivity contribution in [2.75, 3.05) is 6.54 Å². The van der Waals surface area contributed by atoms with Gasteiger partial charge in [0.2, 0.25) is 0 Å². The Bertz CT molecular complexity index is 940. The highest BCUT2D eigenvalue weighted by Crippen LogP contribution is 2.24. The minimum absolute atomic E-state index is 0.268. The number of hydrogen-bond donors (Lipinski definition) is 2. The maximum Gasteiger partial charge on any atom is 0.407 e. The van der Waals surface area contributed by atoms with Crippen LogP contribution in [0.1, 0.15) is 16.7 Å². The second-order valence-corrected chi connectivity index (χ2v) is 6.79. The van der Waals surface area contributed by atoms with E-state index in [1.165, 1.54) is 0 Å². The summed E-state index contributed by atoms with van der Waals surface area (Å²) in [5, 5.41) is 2.78. The molecule has 0 aromatic heterocycles. The van der Waals surface area contributed by atoms with Crippen molar-refractivity contribution in [3.05, 3.63) is 95.6 Å². The van der Waals surface area contributed by atoms with E-state index in [1.54, 1.807) is 0 Å². The second kappa shape index (κ2) is 9.67. The van der Waals surface area contributed by atoms with Crippen molar-refractivity contribution in [2.45, 2.75) is 13.0 Å². The number of ether oxygens (including phenoxy) is 1. The Kier molecular flexibility index (Phi) is 6.76. The van der Waals surface area contributed by atoms with Crippen molar-refractivity contribution in [2.24, 2.45) is 5.73 Å². The minimum atomic E-state index is -0.411. The van der Waals surface area contributed by atoms with Crippen LogP contribution in [0.2, 0.25) is 0 Å². The van der Waals surface area contributed by atoms with Crippen LogP contribution >= 0.6 is 12.2 Å². The third kappa shape index (κ3) is 5.41. The highest BCUT2D eigenvalue weighted by Gasteiger charge is 2.07. The highest BCUT2D eigenvalue weighted by molar-refractivity contribution is 7.80. The first-order valence-electron chi connectivity index (χ1n) is 9.06. The fraction of sp³-hybridized carbons (Fsp3) is 0.130. The molecular weight excluding hydrogens is 368 g/mol. The first-order chi connectivity index (χ1) is 13.6. The van der Waals surface area contributed by atoms with E-state index in [0.717, 1.165) is 34.2 Å². The van der Waals surface area contributed by atoms with Crippen LogP contribution < -0.4 is 11.1 Å². The number of thiocarbonyl (C=S) groups is 1. The topological polar surface area (TPSA) is 64.3 Å². The molecule has 0 fully saturated rings. The molecule has 0 aliphatic carbocycles. The lowest BCUT2D eigenvalue weighted by molar-refractivity contribution is 0.140. The zero-order valence-corrected chi connectivity index (χ0v) is 16.2. The SMILES string of the molecule is NC(=S)c1ccccc1-c1ccc(CCNC(=O)OCc2ccccc2)cc1. The van der Waals surface area contributed by atoms with Crippen LogP contribution in [0.25, 0.3) is 11.1 Å². The van der Waals surface area contributed by atoms with Gasteiger partial charge in [0, 0.05) is 12.1 Å². The number of rotatable bonds is 7. The summed E-state index contributed by atoms with van der Waals surface area (Å²) in [4.78, 5) is 12.2. The molecule has 28 heavy (non-hydrogen) atoms. The molecule has 0 heterocycles. The molecule has 0 spiro atoms. The van der Waals surface area contributed by atoms with Crippen LogP contribution in [0.5, 0.6) is 0 Å². The number of nitrogens with two attached hydrogens (primary N) is 1. The standard InChI is InChI=1S/C23H22N2O2S/c24-22(28)21-9-5-4-8-20(21)19-12-10-17(11-13-19)14-15-25-23(26)27-16-18-6-2-1-3-7-18/h1-13H,14-16H2,(H2,24,28)(H,25,26).